The molecule has 0 atom stereocenters. The maximum absolute atomic E-state index is 12.0. The van der Waals surface area contributed by atoms with Gasteiger partial charge in [-0.1, -0.05) is 6.92 Å². The van der Waals surface area contributed by atoms with Crippen molar-refractivity contribution in [3.05, 3.63) is 0 Å². The van der Waals surface area contributed by atoms with E-state index in [1.165, 1.54) is 0 Å². The first-order valence-electron chi connectivity index (χ1n) is 3.79. The summed E-state index contributed by atoms with van der Waals surface area (Å²) in [6, 6.07) is 0. The number of halogens is 3. The lowest BCUT2D eigenvalue weighted by Crippen LogP contribution is -2.37. The van der Waals surface area contributed by atoms with Crippen LogP contribution >= 0.6 is 11.6 Å². The zero-order valence-corrected chi connectivity index (χ0v) is 8.78. The van der Waals surface area contributed by atoms with E-state index in [0.29, 0.717) is 10.7 Å². The lowest BCUT2D eigenvalue weighted by molar-refractivity contribution is 0.219. The van der Waals surface area contributed by atoms with Gasteiger partial charge in [-0.2, -0.15) is 13.1 Å². The minimum Gasteiger partial charge on any atom is -0.206 e. The Balaban J connectivity index is 4.52. The van der Waals surface area contributed by atoms with Crippen LogP contribution in [-0.4, -0.2) is 37.5 Å². The second kappa shape index (κ2) is 5.72. The fraction of sp³-hybridized carbons (Fsp3) is 1.00. The molecule has 0 aromatic carbocycles. The summed E-state index contributed by atoms with van der Waals surface area (Å²) in [4.78, 5) is 0. The van der Waals surface area contributed by atoms with Crippen molar-refractivity contribution in [3.63, 3.8) is 0 Å². The summed E-state index contributed by atoms with van der Waals surface area (Å²) in [6.07, 6.45) is 0.489. The first-order chi connectivity index (χ1) is 5.96. The van der Waals surface area contributed by atoms with Crippen LogP contribution in [-0.2, 0) is 10.0 Å². The second-order valence-corrected chi connectivity index (χ2v) is 4.67. The predicted molar refractivity (Wildman–Crippen MR) is 47.5 cm³/mol. The molecule has 0 fully saturated rings. The third-order valence-corrected chi connectivity index (χ3v) is 3.10. The molecule has 0 aliphatic rings. The first kappa shape index (κ1) is 13.1. The predicted octanol–water partition coefficient (Wildman–Crippen LogP) is 1.49. The molecule has 7 heteroatoms. The van der Waals surface area contributed by atoms with Crippen LogP contribution in [0.3, 0.4) is 0 Å². The Bertz CT molecular complexity index is 227. The van der Waals surface area contributed by atoms with E-state index >= 15 is 0 Å². The van der Waals surface area contributed by atoms with Crippen molar-refractivity contribution in [3.8, 4) is 0 Å². The number of alkyl halides is 3. The maximum atomic E-state index is 12.0. The Hall–Kier alpha value is 0.0600. The van der Waals surface area contributed by atoms with Gasteiger partial charge < -0.3 is 0 Å². The van der Waals surface area contributed by atoms with Gasteiger partial charge in [0.15, 0.2) is 0 Å². The SMILES string of the molecule is CCCN(CCCl)S(=O)(=O)C(F)F. The quantitative estimate of drug-likeness (QED) is 0.654. The zero-order valence-electron chi connectivity index (χ0n) is 7.21. The largest absolute Gasteiger partial charge is 0.350 e. The molecule has 0 spiro atoms. The number of rotatable bonds is 6. The summed E-state index contributed by atoms with van der Waals surface area (Å²) in [5.74, 6) is -3.34. The van der Waals surface area contributed by atoms with Crippen molar-refractivity contribution < 1.29 is 17.2 Å². The van der Waals surface area contributed by atoms with Gasteiger partial charge in [-0.05, 0) is 6.42 Å². The highest BCUT2D eigenvalue weighted by Crippen LogP contribution is 2.12. The molecule has 13 heavy (non-hydrogen) atoms. The molecule has 0 aliphatic heterocycles. The monoisotopic (exact) mass is 235 g/mol. The minimum atomic E-state index is -4.45. The van der Waals surface area contributed by atoms with E-state index in [0.717, 1.165) is 0 Å². The number of hydrogen-bond donors (Lipinski definition) is 0. The van der Waals surface area contributed by atoms with E-state index < -0.39 is 15.8 Å². The maximum Gasteiger partial charge on any atom is 0.350 e. The molecule has 0 unspecified atom stereocenters. The average molecular weight is 236 g/mol. The van der Waals surface area contributed by atoms with Crippen molar-refractivity contribution in [2.45, 2.75) is 19.1 Å². The van der Waals surface area contributed by atoms with Crippen LogP contribution in [0.25, 0.3) is 0 Å². The molecule has 0 aromatic heterocycles. The number of nitrogens with zero attached hydrogens (tertiary/aromatic N) is 1. The van der Waals surface area contributed by atoms with Crippen molar-refractivity contribution in [2.24, 2.45) is 0 Å². The summed E-state index contributed by atoms with van der Waals surface area (Å²) < 4.78 is 46.6. The fourth-order valence-electron chi connectivity index (χ4n) is 0.823. The van der Waals surface area contributed by atoms with Crippen LogP contribution in [0.5, 0.6) is 0 Å². The summed E-state index contributed by atoms with van der Waals surface area (Å²) in [6.45, 7) is 1.73. The third kappa shape index (κ3) is 3.74. The molecule has 0 bridgehead atoms. The molecular formula is C6H12ClF2NO2S. The lowest BCUT2D eigenvalue weighted by atomic mass is 10.5. The van der Waals surface area contributed by atoms with Crippen molar-refractivity contribution in [1.29, 1.82) is 0 Å². The van der Waals surface area contributed by atoms with E-state index in [2.05, 4.69) is 0 Å². The highest BCUT2D eigenvalue weighted by atomic mass is 35.5. The first-order valence-corrected chi connectivity index (χ1v) is 5.83. The van der Waals surface area contributed by atoms with Gasteiger partial charge >= 0.3 is 5.76 Å². The van der Waals surface area contributed by atoms with Crippen LogP contribution < -0.4 is 0 Å². The zero-order chi connectivity index (χ0) is 10.5. The summed E-state index contributed by atoms with van der Waals surface area (Å²) in [7, 11) is -4.45. The van der Waals surface area contributed by atoms with E-state index in [9.17, 15) is 17.2 Å². The van der Waals surface area contributed by atoms with E-state index in [1.807, 2.05) is 0 Å². The number of hydrogen-bond acceptors (Lipinski definition) is 2. The molecule has 0 amide bonds. The lowest BCUT2D eigenvalue weighted by Gasteiger charge is -2.19. The highest BCUT2D eigenvalue weighted by molar-refractivity contribution is 7.89. The summed E-state index contributed by atoms with van der Waals surface area (Å²) >= 11 is 5.29. The Morgan fingerprint density at radius 1 is 1.38 bits per heavy atom. The van der Waals surface area contributed by atoms with Crippen LogP contribution in [0.1, 0.15) is 13.3 Å². The van der Waals surface area contributed by atoms with Crippen molar-refractivity contribution in [1.82, 2.24) is 4.31 Å². The second-order valence-electron chi connectivity index (χ2n) is 2.39. The Morgan fingerprint density at radius 2 is 1.92 bits per heavy atom. The average Bonchev–Trinajstić information content (AvgIpc) is 2.03. The van der Waals surface area contributed by atoms with Crippen LogP contribution in [0.2, 0.25) is 0 Å². The molecule has 80 valence electrons. The molecule has 0 radical (unpaired) electrons. The van der Waals surface area contributed by atoms with Crippen LogP contribution in [0.15, 0.2) is 0 Å². The molecule has 3 nitrogen and oxygen atoms in total. The van der Waals surface area contributed by atoms with Gasteiger partial charge in [0.1, 0.15) is 0 Å². The van der Waals surface area contributed by atoms with Gasteiger partial charge in [-0.25, -0.2) is 8.42 Å². The molecule has 0 saturated carbocycles. The molecule has 0 heterocycles. The summed E-state index contributed by atoms with van der Waals surface area (Å²) in [5.41, 5.74) is 0. The summed E-state index contributed by atoms with van der Waals surface area (Å²) in [5, 5.41) is 0. The van der Waals surface area contributed by atoms with E-state index in [4.69, 9.17) is 11.6 Å². The number of sulfonamides is 1. The molecular weight excluding hydrogens is 224 g/mol. The van der Waals surface area contributed by atoms with Gasteiger partial charge in [-0.3, -0.25) is 0 Å². The standard InChI is InChI=1S/C6H12ClF2NO2S/c1-2-4-10(5-3-7)13(11,12)6(8)9/h6H,2-5H2,1H3. The molecule has 0 rings (SSSR count). The van der Waals surface area contributed by atoms with Gasteiger partial charge in [0.25, 0.3) is 10.0 Å². The van der Waals surface area contributed by atoms with E-state index in [-0.39, 0.29) is 19.0 Å². The molecule has 0 saturated heterocycles. The topological polar surface area (TPSA) is 37.4 Å². The smallest absolute Gasteiger partial charge is 0.206 e. The third-order valence-electron chi connectivity index (χ3n) is 1.39. The van der Waals surface area contributed by atoms with Gasteiger partial charge in [0.05, 0.1) is 0 Å². The van der Waals surface area contributed by atoms with Crippen molar-refractivity contribution >= 4 is 21.6 Å². The van der Waals surface area contributed by atoms with Crippen molar-refractivity contribution in [2.75, 3.05) is 19.0 Å². The van der Waals surface area contributed by atoms with Gasteiger partial charge in [-0.15, -0.1) is 11.6 Å². The fourth-order valence-corrected chi connectivity index (χ4v) is 2.14. The van der Waals surface area contributed by atoms with Gasteiger partial charge in [0.2, 0.25) is 0 Å². The Kier molecular flexibility index (Phi) is 5.75. The highest BCUT2D eigenvalue weighted by Gasteiger charge is 2.30. The molecule has 0 aliphatic carbocycles. The Labute approximate surface area is 81.7 Å². The normalized spacial score (nSPS) is 12.8. The van der Waals surface area contributed by atoms with Gasteiger partial charge in [0, 0.05) is 19.0 Å². The Morgan fingerprint density at radius 3 is 2.23 bits per heavy atom. The molecule has 0 aromatic rings. The van der Waals surface area contributed by atoms with E-state index in [1.54, 1.807) is 6.92 Å². The van der Waals surface area contributed by atoms with Crippen LogP contribution in [0.4, 0.5) is 8.78 Å². The molecule has 0 N–H and O–H groups in total. The van der Waals surface area contributed by atoms with Crippen LogP contribution in [0, 0.1) is 0 Å². The minimum absolute atomic E-state index is 0.0198.